The Kier molecular flexibility index (Phi) is 3.81. The highest BCUT2D eigenvalue weighted by Crippen LogP contribution is 2.12. The summed E-state index contributed by atoms with van der Waals surface area (Å²) in [5, 5.41) is 15.7. The summed E-state index contributed by atoms with van der Waals surface area (Å²) in [5.74, 6) is 0.409. The quantitative estimate of drug-likeness (QED) is 0.799. The molecule has 0 bridgehead atoms. The molecule has 0 atom stereocenters. The average Bonchev–Trinajstić information content (AvgIpc) is 3.11. The SMILES string of the molecule is CC(C)n1nccc1C(=O)NCc1nnc2ccc(Cl)cn12. The zero-order valence-electron chi connectivity index (χ0n) is 12.2. The summed E-state index contributed by atoms with van der Waals surface area (Å²) >= 11 is 5.97. The standard InChI is InChI=1S/C14H15ClN6O/c1-9(2)21-11(5-6-17-21)14(22)16-7-13-19-18-12-4-3-10(15)8-20(12)13/h3-6,8-9H,7H2,1-2H3,(H,16,22). The van der Waals surface area contributed by atoms with Crippen LogP contribution < -0.4 is 5.32 Å². The van der Waals surface area contributed by atoms with Gasteiger partial charge in [-0.3, -0.25) is 13.9 Å². The molecule has 0 spiro atoms. The Bertz CT molecular complexity index is 822. The van der Waals surface area contributed by atoms with Crippen LogP contribution in [0.25, 0.3) is 5.65 Å². The van der Waals surface area contributed by atoms with Gasteiger partial charge in [-0.25, -0.2) is 0 Å². The van der Waals surface area contributed by atoms with Crippen molar-refractivity contribution in [3.63, 3.8) is 0 Å². The fourth-order valence-electron chi connectivity index (χ4n) is 2.19. The van der Waals surface area contributed by atoms with E-state index in [2.05, 4.69) is 20.6 Å². The number of nitrogens with zero attached hydrogens (tertiary/aromatic N) is 5. The first-order chi connectivity index (χ1) is 10.6. The number of rotatable bonds is 4. The summed E-state index contributed by atoms with van der Waals surface area (Å²) in [6, 6.07) is 5.32. The minimum Gasteiger partial charge on any atom is -0.343 e. The number of fused-ring (bicyclic) bond motifs is 1. The molecule has 3 aromatic rings. The summed E-state index contributed by atoms with van der Waals surface area (Å²) in [4.78, 5) is 12.3. The molecule has 7 nitrogen and oxygen atoms in total. The minimum absolute atomic E-state index is 0.114. The fraction of sp³-hybridized carbons (Fsp3) is 0.286. The van der Waals surface area contributed by atoms with Crippen LogP contribution in [0.2, 0.25) is 5.02 Å². The molecule has 1 amide bonds. The first kappa shape index (κ1) is 14.5. The van der Waals surface area contributed by atoms with Crippen molar-refractivity contribution < 1.29 is 4.79 Å². The number of carbonyl (C=O) groups is 1. The number of pyridine rings is 1. The molecule has 0 aromatic carbocycles. The van der Waals surface area contributed by atoms with Crippen LogP contribution in [0.5, 0.6) is 0 Å². The number of nitrogens with one attached hydrogen (secondary N) is 1. The van der Waals surface area contributed by atoms with E-state index in [0.717, 1.165) is 0 Å². The molecule has 8 heteroatoms. The van der Waals surface area contributed by atoms with E-state index in [1.807, 2.05) is 13.8 Å². The van der Waals surface area contributed by atoms with Gasteiger partial charge in [0, 0.05) is 18.4 Å². The van der Waals surface area contributed by atoms with Crippen molar-refractivity contribution in [3.05, 3.63) is 47.1 Å². The van der Waals surface area contributed by atoms with Gasteiger partial charge in [0.25, 0.3) is 5.91 Å². The number of hydrogen-bond acceptors (Lipinski definition) is 4. The fourth-order valence-corrected chi connectivity index (χ4v) is 2.35. The van der Waals surface area contributed by atoms with E-state index in [-0.39, 0.29) is 18.5 Å². The average molecular weight is 319 g/mol. The van der Waals surface area contributed by atoms with Crippen LogP contribution >= 0.6 is 11.6 Å². The molecule has 0 aliphatic heterocycles. The Balaban J connectivity index is 1.77. The van der Waals surface area contributed by atoms with Gasteiger partial charge in [0.05, 0.1) is 11.6 Å². The van der Waals surface area contributed by atoms with E-state index in [4.69, 9.17) is 11.6 Å². The summed E-state index contributed by atoms with van der Waals surface area (Å²) < 4.78 is 3.43. The van der Waals surface area contributed by atoms with Crippen LogP contribution in [-0.2, 0) is 6.54 Å². The highest BCUT2D eigenvalue weighted by atomic mass is 35.5. The zero-order chi connectivity index (χ0) is 15.7. The Labute approximate surface area is 131 Å². The predicted molar refractivity (Wildman–Crippen MR) is 81.8 cm³/mol. The molecule has 0 saturated carbocycles. The lowest BCUT2D eigenvalue weighted by Gasteiger charge is -2.10. The van der Waals surface area contributed by atoms with Crippen LogP contribution in [0.3, 0.4) is 0 Å². The maximum atomic E-state index is 12.3. The van der Waals surface area contributed by atoms with Crippen LogP contribution in [-0.4, -0.2) is 30.3 Å². The van der Waals surface area contributed by atoms with Crippen molar-refractivity contribution >= 4 is 23.2 Å². The van der Waals surface area contributed by atoms with E-state index < -0.39 is 0 Å². The Morgan fingerprint density at radius 3 is 2.91 bits per heavy atom. The molecule has 3 rings (SSSR count). The number of carbonyl (C=O) groups excluding carboxylic acids is 1. The Hall–Kier alpha value is -2.41. The number of hydrogen-bond donors (Lipinski definition) is 1. The van der Waals surface area contributed by atoms with Crippen molar-refractivity contribution in [3.8, 4) is 0 Å². The monoisotopic (exact) mass is 318 g/mol. The lowest BCUT2D eigenvalue weighted by atomic mass is 10.3. The topological polar surface area (TPSA) is 77.1 Å². The van der Waals surface area contributed by atoms with Gasteiger partial charge in [0.2, 0.25) is 0 Å². The van der Waals surface area contributed by atoms with E-state index in [1.54, 1.807) is 39.7 Å². The smallest absolute Gasteiger partial charge is 0.269 e. The molecule has 0 unspecified atom stereocenters. The van der Waals surface area contributed by atoms with Gasteiger partial charge >= 0.3 is 0 Å². The molecule has 0 fully saturated rings. The highest BCUT2D eigenvalue weighted by Gasteiger charge is 2.15. The lowest BCUT2D eigenvalue weighted by molar-refractivity contribution is 0.0937. The first-order valence-corrected chi connectivity index (χ1v) is 7.25. The highest BCUT2D eigenvalue weighted by molar-refractivity contribution is 6.30. The molecular formula is C14H15ClN6O. The first-order valence-electron chi connectivity index (χ1n) is 6.87. The van der Waals surface area contributed by atoms with E-state index in [1.165, 1.54) is 0 Å². The van der Waals surface area contributed by atoms with E-state index in [0.29, 0.717) is 22.2 Å². The maximum absolute atomic E-state index is 12.3. The third kappa shape index (κ3) is 2.67. The molecule has 22 heavy (non-hydrogen) atoms. The number of halogens is 1. The molecule has 0 saturated heterocycles. The lowest BCUT2D eigenvalue weighted by Crippen LogP contribution is -2.27. The van der Waals surface area contributed by atoms with Crippen molar-refractivity contribution in [1.82, 2.24) is 29.7 Å². The predicted octanol–water partition coefficient (Wildman–Crippen LogP) is 2.09. The largest absolute Gasteiger partial charge is 0.343 e. The van der Waals surface area contributed by atoms with Crippen molar-refractivity contribution in [2.75, 3.05) is 0 Å². The third-order valence-electron chi connectivity index (χ3n) is 3.24. The molecule has 0 radical (unpaired) electrons. The minimum atomic E-state index is -0.204. The van der Waals surface area contributed by atoms with Crippen LogP contribution in [0, 0.1) is 0 Å². The second kappa shape index (κ2) is 5.76. The van der Waals surface area contributed by atoms with Crippen LogP contribution in [0.1, 0.15) is 36.2 Å². The van der Waals surface area contributed by atoms with E-state index >= 15 is 0 Å². The molecule has 3 aromatic heterocycles. The molecular weight excluding hydrogens is 304 g/mol. The van der Waals surface area contributed by atoms with Gasteiger partial charge in [-0.15, -0.1) is 10.2 Å². The van der Waals surface area contributed by atoms with Gasteiger partial charge in [-0.1, -0.05) is 11.6 Å². The zero-order valence-corrected chi connectivity index (χ0v) is 12.9. The second-order valence-corrected chi connectivity index (χ2v) is 5.57. The summed E-state index contributed by atoms with van der Waals surface area (Å²) in [5.41, 5.74) is 1.20. The van der Waals surface area contributed by atoms with Gasteiger partial charge in [-0.05, 0) is 32.0 Å². The second-order valence-electron chi connectivity index (χ2n) is 5.13. The van der Waals surface area contributed by atoms with Crippen LogP contribution in [0.15, 0.2) is 30.6 Å². The molecule has 3 heterocycles. The summed E-state index contributed by atoms with van der Waals surface area (Å²) in [6.45, 7) is 4.19. The Morgan fingerprint density at radius 2 is 2.14 bits per heavy atom. The number of aromatic nitrogens is 5. The molecule has 0 aliphatic rings. The summed E-state index contributed by atoms with van der Waals surface area (Å²) in [7, 11) is 0. The summed E-state index contributed by atoms with van der Waals surface area (Å²) in [6.07, 6.45) is 3.33. The van der Waals surface area contributed by atoms with Crippen molar-refractivity contribution in [1.29, 1.82) is 0 Å². The Morgan fingerprint density at radius 1 is 1.32 bits per heavy atom. The van der Waals surface area contributed by atoms with Crippen LogP contribution in [0.4, 0.5) is 0 Å². The third-order valence-corrected chi connectivity index (χ3v) is 3.46. The molecule has 0 aliphatic carbocycles. The number of amides is 1. The van der Waals surface area contributed by atoms with Crippen molar-refractivity contribution in [2.45, 2.75) is 26.4 Å². The molecule has 114 valence electrons. The normalized spacial score (nSPS) is 11.3. The van der Waals surface area contributed by atoms with Gasteiger partial charge in [0.1, 0.15) is 5.69 Å². The van der Waals surface area contributed by atoms with Crippen molar-refractivity contribution in [2.24, 2.45) is 0 Å². The van der Waals surface area contributed by atoms with Gasteiger partial charge < -0.3 is 5.32 Å². The molecule has 1 N–H and O–H groups in total. The van der Waals surface area contributed by atoms with Gasteiger partial charge in [-0.2, -0.15) is 5.10 Å². The van der Waals surface area contributed by atoms with E-state index in [9.17, 15) is 4.79 Å². The maximum Gasteiger partial charge on any atom is 0.269 e. The van der Waals surface area contributed by atoms with Gasteiger partial charge in [0.15, 0.2) is 11.5 Å².